The number of likely N-dealkylation sites (tertiary alicyclic amines) is 1. The Morgan fingerprint density at radius 1 is 0.720 bits per heavy atom. The molecule has 2 saturated heterocycles. The molecule has 0 aliphatic carbocycles. The minimum Gasteiger partial charge on any atom is -0.342 e. The van der Waals surface area contributed by atoms with Crippen molar-refractivity contribution in [3.05, 3.63) is 35.9 Å². The zero-order valence-electron chi connectivity index (χ0n) is 15.0. The van der Waals surface area contributed by atoms with Gasteiger partial charge in [-0.3, -0.25) is 14.5 Å². The Kier molecular flexibility index (Phi) is 6.45. The summed E-state index contributed by atoms with van der Waals surface area (Å²) >= 11 is 0. The van der Waals surface area contributed by atoms with Gasteiger partial charge in [0.05, 0.1) is 6.54 Å². The maximum absolute atomic E-state index is 12.6. The molecule has 0 N–H and O–H groups in total. The molecular formula is C20H29N3O2. The molecule has 2 amide bonds. The van der Waals surface area contributed by atoms with Crippen LogP contribution in [0.4, 0.5) is 0 Å². The van der Waals surface area contributed by atoms with E-state index in [1.54, 1.807) is 0 Å². The number of carbonyl (C=O) groups is 2. The Morgan fingerprint density at radius 2 is 1.32 bits per heavy atom. The number of hydrogen-bond donors (Lipinski definition) is 0. The van der Waals surface area contributed by atoms with Crippen LogP contribution in [0.3, 0.4) is 0 Å². The molecule has 1 aromatic carbocycles. The third-order valence-corrected chi connectivity index (χ3v) is 5.25. The predicted molar refractivity (Wildman–Crippen MR) is 98.5 cm³/mol. The fourth-order valence-electron chi connectivity index (χ4n) is 3.66. The molecule has 25 heavy (non-hydrogen) atoms. The van der Waals surface area contributed by atoms with Crippen molar-refractivity contribution < 1.29 is 9.59 Å². The van der Waals surface area contributed by atoms with Gasteiger partial charge in [-0.05, 0) is 25.0 Å². The summed E-state index contributed by atoms with van der Waals surface area (Å²) in [5.41, 5.74) is 0.743. The standard InChI is InChI=1S/C20H29N3O2/c24-19(22-11-7-2-1-3-8-12-22)17-21-13-15-23(16-14-21)20(25)18-9-5-4-6-10-18/h4-6,9-10H,1-3,7-8,11-17H2. The number of nitrogens with zero attached hydrogens (tertiary/aromatic N) is 3. The molecule has 5 heteroatoms. The molecule has 0 radical (unpaired) electrons. The Bertz CT molecular complexity index is 560. The van der Waals surface area contributed by atoms with Gasteiger partial charge in [0.25, 0.3) is 5.91 Å². The van der Waals surface area contributed by atoms with Crippen LogP contribution < -0.4 is 0 Å². The van der Waals surface area contributed by atoms with Gasteiger partial charge < -0.3 is 9.80 Å². The van der Waals surface area contributed by atoms with E-state index in [1.165, 1.54) is 19.3 Å². The van der Waals surface area contributed by atoms with Crippen molar-refractivity contribution in [2.75, 3.05) is 45.8 Å². The zero-order chi connectivity index (χ0) is 17.5. The largest absolute Gasteiger partial charge is 0.342 e. The van der Waals surface area contributed by atoms with E-state index in [0.29, 0.717) is 19.6 Å². The number of amides is 2. The van der Waals surface area contributed by atoms with E-state index in [0.717, 1.165) is 44.6 Å². The van der Waals surface area contributed by atoms with Crippen LogP contribution >= 0.6 is 0 Å². The first kappa shape index (κ1) is 17.9. The van der Waals surface area contributed by atoms with Crippen LogP contribution in [0.15, 0.2) is 30.3 Å². The summed E-state index contributed by atoms with van der Waals surface area (Å²) in [6.45, 7) is 5.25. The normalized spacial score (nSPS) is 20.0. The molecule has 2 aliphatic rings. The highest BCUT2D eigenvalue weighted by atomic mass is 16.2. The van der Waals surface area contributed by atoms with Gasteiger partial charge in [0.15, 0.2) is 0 Å². The third-order valence-electron chi connectivity index (χ3n) is 5.25. The van der Waals surface area contributed by atoms with E-state index in [4.69, 9.17) is 0 Å². The summed E-state index contributed by atoms with van der Waals surface area (Å²) in [6, 6.07) is 9.43. The Hall–Kier alpha value is -1.88. The van der Waals surface area contributed by atoms with Crippen LogP contribution in [0.25, 0.3) is 0 Å². The van der Waals surface area contributed by atoms with Crippen molar-refractivity contribution in [2.45, 2.75) is 32.1 Å². The van der Waals surface area contributed by atoms with Crippen LogP contribution in [0, 0.1) is 0 Å². The average molecular weight is 343 g/mol. The molecule has 1 aromatic rings. The highest BCUT2D eigenvalue weighted by Crippen LogP contribution is 2.12. The topological polar surface area (TPSA) is 43.9 Å². The third kappa shape index (κ3) is 5.05. The summed E-state index contributed by atoms with van der Waals surface area (Å²) < 4.78 is 0. The molecule has 0 spiro atoms. The van der Waals surface area contributed by atoms with Gasteiger partial charge in [-0.2, -0.15) is 0 Å². The van der Waals surface area contributed by atoms with E-state index in [9.17, 15) is 9.59 Å². The fraction of sp³-hybridized carbons (Fsp3) is 0.600. The first-order valence-corrected chi connectivity index (χ1v) is 9.58. The highest BCUT2D eigenvalue weighted by Gasteiger charge is 2.24. The number of hydrogen-bond acceptors (Lipinski definition) is 3. The van der Waals surface area contributed by atoms with Crippen LogP contribution in [0.5, 0.6) is 0 Å². The van der Waals surface area contributed by atoms with Crippen LogP contribution in [0.1, 0.15) is 42.5 Å². The minimum atomic E-state index is 0.0929. The van der Waals surface area contributed by atoms with Gasteiger partial charge >= 0.3 is 0 Å². The molecule has 0 atom stereocenters. The Balaban J connectivity index is 1.45. The van der Waals surface area contributed by atoms with Crippen molar-refractivity contribution in [1.82, 2.24) is 14.7 Å². The lowest BCUT2D eigenvalue weighted by Gasteiger charge is -2.35. The molecule has 5 nitrogen and oxygen atoms in total. The molecule has 2 fully saturated rings. The first-order chi connectivity index (χ1) is 12.2. The summed E-state index contributed by atoms with van der Waals surface area (Å²) in [5.74, 6) is 0.347. The smallest absolute Gasteiger partial charge is 0.253 e. The van der Waals surface area contributed by atoms with E-state index >= 15 is 0 Å². The molecule has 0 unspecified atom stereocenters. The van der Waals surface area contributed by atoms with E-state index in [2.05, 4.69) is 4.90 Å². The van der Waals surface area contributed by atoms with Crippen LogP contribution in [-0.4, -0.2) is 72.3 Å². The Morgan fingerprint density at radius 3 is 1.96 bits per heavy atom. The molecule has 0 saturated carbocycles. The summed E-state index contributed by atoms with van der Waals surface area (Å²) in [7, 11) is 0. The molecule has 0 aromatic heterocycles. The van der Waals surface area contributed by atoms with Gasteiger partial charge in [0, 0.05) is 44.8 Å². The monoisotopic (exact) mass is 343 g/mol. The second kappa shape index (κ2) is 8.99. The zero-order valence-corrected chi connectivity index (χ0v) is 15.0. The average Bonchev–Trinajstić information content (AvgIpc) is 2.62. The maximum atomic E-state index is 12.6. The second-order valence-corrected chi connectivity index (χ2v) is 7.08. The number of piperazine rings is 1. The molecule has 136 valence electrons. The second-order valence-electron chi connectivity index (χ2n) is 7.08. The molecule has 2 aliphatic heterocycles. The maximum Gasteiger partial charge on any atom is 0.253 e. The van der Waals surface area contributed by atoms with Crippen molar-refractivity contribution in [2.24, 2.45) is 0 Å². The van der Waals surface area contributed by atoms with E-state index in [-0.39, 0.29) is 11.8 Å². The van der Waals surface area contributed by atoms with E-state index in [1.807, 2.05) is 40.1 Å². The van der Waals surface area contributed by atoms with Gasteiger partial charge in [-0.15, -0.1) is 0 Å². The fourth-order valence-corrected chi connectivity index (χ4v) is 3.66. The minimum absolute atomic E-state index is 0.0929. The van der Waals surface area contributed by atoms with Gasteiger partial charge in [-0.1, -0.05) is 37.5 Å². The lowest BCUT2D eigenvalue weighted by atomic mass is 10.1. The van der Waals surface area contributed by atoms with Crippen LogP contribution in [0.2, 0.25) is 0 Å². The van der Waals surface area contributed by atoms with Gasteiger partial charge in [0.2, 0.25) is 5.91 Å². The number of rotatable bonds is 3. The first-order valence-electron chi connectivity index (χ1n) is 9.58. The number of benzene rings is 1. The Labute approximate surface area is 150 Å². The van der Waals surface area contributed by atoms with Crippen molar-refractivity contribution in [3.8, 4) is 0 Å². The number of carbonyl (C=O) groups excluding carboxylic acids is 2. The van der Waals surface area contributed by atoms with E-state index < -0.39 is 0 Å². The van der Waals surface area contributed by atoms with Crippen molar-refractivity contribution in [1.29, 1.82) is 0 Å². The molecule has 3 rings (SSSR count). The highest BCUT2D eigenvalue weighted by molar-refractivity contribution is 5.94. The summed E-state index contributed by atoms with van der Waals surface area (Å²) in [6.07, 6.45) is 6.05. The summed E-state index contributed by atoms with van der Waals surface area (Å²) in [4.78, 5) is 31.2. The summed E-state index contributed by atoms with van der Waals surface area (Å²) in [5, 5.41) is 0. The molecule has 2 heterocycles. The van der Waals surface area contributed by atoms with Crippen molar-refractivity contribution >= 4 is 11.8 Å². The van der Waals surface area contributed by atoms with Gasteiger partial charge in [0.1, 0.15) is 0 Å². The van der Waals surface area contributed by atoms with Gasteiger partial charge in [-0.25, -0.2) is 0 Å². The molecule has 0 bridgehead atoms. The quantitative estimate of drug-likeness (QED) is 0.845. The predicted octanol–water partition coefficient (Wildman–Crippen LogP) is 2.24. The van der Waals surface area contributed by atoms with Crippen molar-refractivity contribution in [3.63, 3.8) is 0 Å². The lowest BCUT2D eigenvalue weighted by Crippen LogP contribution is -2.51. The lowest BCUT2D eigenvalue weighted by molar-refractivity contribution is -0.133. The molecular weight excluding hydrogens is 314 g/mol. The van der Waals surface area contributed by atoms with Crippen LogP contribution in [-0.2, 0) is 4.79 Å². The SMILES string of the molecule is O=C(CN1CCN(C(=O)c2ccccc2)CC1)N1CCCCCCC1.